The van der Waals surface area contributed by atoms with Crippen molar-refractivity contribution in [2.45, 2.75) is 12.5 Å². The molecule has 2 rings (SSSR count). The van der Waals surface area contributed by atoms with Crippen LogP contribution in [0.1, 0.15) is 6.42 Å². The normalized spacial score (nSPS) is 29.2. The zero-order valence-electron chi connectivity index (χ0n) is 8.34. The third-order valence-corrected chi connectivity index (χ3v) is 2.87. The van der Waals surface area contributed by atoms with E-state index in [4.69, 9.17) is 0 Å². The summed E-state index contributed by atoms with van der Waals surface area (Å²) in [6.07, 6.45) is 14.6. The van der Waals surface area contributed by atoms with Crippen LogP contribution >= 0.6 is 11.8 Å². The van der Waals surface area contributed by atoms with E-state index in [9.17, 15) is 0 Å². The Labute approximate surface area is 93.9 Å². The highest BCUT2D eigenvalue weighted by Gasteiger charge is 2.07. The Balaban J connectivity index is 2.28. The van der Waals surface area contributed by atoms with Crippen molar-refractivity contribution in [1.82, 2.24) is 0 Å². The molecule has 2 nitrogen and oxygen atoms in total. The van der Waals surface area contributed by atoms with Gasteiger partial charge in [0.1, 0.15) is 0 Å². The van der Waals surface area contributed by atoms with Crippen LogP contribution in [0.15, 0.2) is 56.9 Å². The molecule has 0 saturated carbocycles. The van der Waals surface area contributed by atoms with Crippen molar-refractivity contribution < 1.29 is 0 Å². The van der Waals surface area contributed by atoms with E-state index in [1.807, 2.05) is 18.2 Å². The van der Waals surface area contributed by atoms with Gasteiger partial charge in [-0.15, -0.1) is 0 Å². The Bertz CT molecular complexity index is 400. The van der Waals surface area contributed by atoms with Crippen molar-refractivity contribution >= 4 is 24.2 Å². The van der Waals surface area contributed by atoms with Crippen LogP contribution in [0.25, 0.3) is 0 Å². The Hall–Kier alpha value is -1.35. The van der Waals surface area contributed by atoms with Gasteiger partial charge in [-0.2, -0.15) is 0 Å². The molecule has 0 amide bonds. The molecular formula is C12H12N2S. The van der Waals surface area contributed by atoms with Crippen LogP contribution < -0.4 is 0 Å². The maximum atomic E-state index is 4.37. The zero-order chi connectivity index (χ0) is 10.5. The van der Waals surface area contributed by atoms with Crippen LogP contribution in [-0.2, 0) is 0 Å². The summed E-state index contributed by atoms with van der Waals surface area (Å²) in [6, 6.07) is 0.200. The van der Waals surface area contributed by atoms with Crippen molar-refractivity contribution in [3.8, 4) is 0 Å². The lowest BCUT2D eigenvalue weighted by atomic mass is 10.2. The van der Waals surface area contributed by atoms with Gasteiger partial charge in [0.15, 0.2) is 0 Å². The van der Waals surface area contributed by atoms with Gasteiger partial charge >= 0.3 is 0 Å². The van der Waals surface area contributed by atoms with Gasteiger partial charge < -0.3 is 0 Å². The van der Waals surface area contributed by atoms with Crippen LogP contribution in [0.3, 0.4) is 0 Å². The lowest BCUT2D eigenvalue weighted by Crippen LogP contribution is -1.98. The molecule has 0 aromatic heterocycles. The van der Waals surface area contributed by atoms with E-state index in [1.54, 1.807) is 24.2 Å². The third kappa shape index (κ3) is 3.06. The van der Waals surface area contributed by atoms with E-state index in [2.05, 4.69) is 28.7 Å². The highest BCUT2D eigenvalue weighted by Crippen LogP contribution is 2.28. The van der Waals surface area contributed by atoms with Crippen LogP contribution in [-0.4, -0.2) is 18.5 Å². The number of allylic oxidation sites excluding steroid dienone is 3. The van der Waals surface area contributed by atoms with Crippen molar-refractivity contribution in [3.63, 3.8) is 0 Å². The minimum absolute atomic E-state index is 0.200. The first-order valence-corrected chi connectivity index (χ1v) is 5.64. The molecule has 0 spiro atoms. The second-order valence-corrected chi connectivity index (χ2v) is 4.39. The second kappa shape index (κ2) is 4.94. The largest absolute Gasteiger partial charge is 0.284 e. The quantitative estimate of drug-likeness (QED) is 0.610. The highest BCUT2D eigenvalue weighted by molar-refractivity contribution is 8.06. The predicted molar refractivity (Wildman–Crippen MR) is 68.5 cm³/mol. The maximum Gasteiger partial charge on any atom is 0.0989 e. The maximum absolute atomic E-state index is 4.37. The van der Waals surface area contributed by atoms with Gasteiger partial charge in [-0.25, -0.2) is 4.99 Å². The van der Waals surface area contributed by atoms with Gasteiger partial charge in [0.2, 0.25) is 0 Å². The lowest BCUT2D eigenvalue weighted by molar-refractivity contribution is 0.840. The van der Waals surface area contributed by atoms with E-state index < -0.39 is 0 Å². The molecule has 2 aliphatic heterocycles. The van der Waals surface area contributed by atoms with E-state index in [-0.39, 0.29) is 6.04 Å². The van der Waals surface area contributed by atoms with Crippen molar-refractivity contribution in [2.24, 2.45) is 9.98 Å². The van der Waals surface area contributed by atoms with E-state index in [0.29, 0.717) is 0 Å². The number of nitrogens with zero attached hydrogens (tertiary/aromatic N) is 2. The molecule has 1 atom stereocenters. The molecule has 0 fully saturated rings. The Morgan fingerprint density at radius 3 is 3.20 bits per heavy atom. The summed E-state index contributed by atoms with van der Waals surface area (Å²) in [5.41, 5.74) is 0. The van der Waals surface area contributed by atoms with Gasteiger partial charge in [-0.05, 0) is 18.6 Å². The van der Waals surface area contributed by atoms with Crippen molar-refractivity contribution in [2.75, 3.05) is 0 Å². The minimum atomic E-state index is 0.200. The van der Waals surface area contributed by atoms with E-state index >= 15 is 0 Å². The summed E-state index contributed by atoms with van der Waals surface area (Å²) in [6.45, 7) is 3.95. The van der Waals surface area contributed by atoms with E-state index in [0.717, 1.165) is 16.4 Å². The molecular weight excluding hydrogens is 204 g/mol. The molecule has 1 unspecified atom stereocenters. The molecule has 15 heavy (non-hydrogen) atoms. The first-order valence-electron chi connectivity index (χ1n) is 4.82. The molecule has 2 aliphatic rings. The first-order chi connectivity index (χ1) is 7.34. The Kier molecular flexibility index (Phi) is 3.35. The first kappa shape index (κ1) is 10.2. The minimum Gasteiger partial charge on any atom is -0.284 e. The lowest BCUT2D eigenvalue weighted by Gasteiger charge is -2.06. The van der Waals surface area contributed by atoms with Gasteiger partial charge in [0.05, 0.1) is 11.1 Å². The molecule has 2 heterocycles. The molecule has 2 bridgehead atoms. The Morgan fingerprint density at radius 1 is 1.33 bits per heavy atom. The fraction of sp³-hybridized carbons (Fsp3) is 0.167. The van der Waals surface area contributed by atoms with Gasteiger partial charge in [0, 0.05) is 17.3 Å². The summed E-state index contributed by atoms with van der Waals surface area (Å²) in [7, 11) is 0. The summed E-state index contributed by atoms with van der Waals surface area (Å²) >= 11 is 1.58. The summed E-state index contributed by atoms with van der Waals surface area (Å²) < 4.78 is 0. The number of aliphatic imine (C=N–C) groups is 2. The standard InChI is InChI=1S/C12H12N2S/c1-10-5-3-2-4-6-11-9-12(15-10)14-8-7-13-11/h2-5,7-9,11H,1,6H2/b4-2-,5-3-. The molecule has 3 heteroatoms. The predicted octanol–water partition coefficient (Wildman–Crippen LogP) is 3.11. The SMILES string of the molecule is C=C1/C=C\C=C/CC2C=C(N=CC=N2)S1. The highest BCUT2D eigenvalue weighted by atomic mass is 32.2. The van der Waals surface area contributed by atoms with Crippen molar-refractivity contribution in [1.29, 1.82) is 0 Å². The number of fused-ring (bicyclic) bond motifs is 1. The smallest absolute Gasteiger partial charge is 0.0989 e. The average Bonchev–Trinajstić information content (AvgIpc) is 2.42. The molecule has 76 valence electrons. The fourth-order valence-corrected chi connectivity index (χ4v) is 2.08. The zero-order valence-corrected chi connectivity index (χ0v) is 9.15. The molecule has 0 aromatic rings. The number of rotatable bonds is 0. The van der Waals surface area contributed by atoms with Crippen LogP contribution in [0.2, 0.25) is 0 Å². The molecule has 0 aromatic carbocycles. The topological polar surface area (TPSA) is 24.7 Å². The van der Waals surface area contributed by atoms with Gasteiger partial charge in [-0.1, -0.05) is 36.6 Å². The van der Waals surface area contributed by atoms with Crippen LogP contribution in [0, 0.1) is 0 Å². The number of thioether (sulfide) groups is 1. The Morgan fingerprint density at radius 2 is 2.27 bits per heavy atom. The fourth-order valence-electron chi connectivity index (χ4n) is 1.32. The van der Waals surface area contributed by atoms with Gasteiger partial charge in [-0.3, -0.25) is 4.99 Å². The van der Waals surface area contributed by atoms with Crippen LogP contribution in [0.4, 0.5) is 0 Å². The summed E-state index contributed by atoms with van der Waals surface area (Å²) in [4.78, 5) is 9.66. The van der Waals surface area contributed by atoms with Crippen molar-refractivity contribution in [3.05, 3.63) is 46.9 Å². The number of hydrogen-bond donors (Lipinski definition) is 0. The second-order valence-electron chi connectivity index (χ2n) is 3.24. The number of hydrogen-bond acceptors (Lipinski definition) is 3. The molecule has 0 radical (unpaired) electrons. The van der Waals surface area contributed by atoms with E-state index in [1.165, 1.54) is 0 Å². The third-order valence-electron chi connectivity index (χ3n) is 2.02. The monoisotopic (exact) mass is 216 g/mol. The summed E-state index contributed by atoms with van der Waals surface area (Å²) in [5, 5.41) is 0.974. The summed E-state index contributed by atoms with van der Waals surface area (Å²) in [5.74, 6) is 0. The molecule has 0 N–H and O–H groups in total. The van der Waals surface area contributed by atoms with Gasteiger partial charge in [0.25, 0.3) is 0 Å². The molecule has 0 aliphatic carbocycles. The average molecular weight is 216 g/mol. The molecule has 0 saturated heterocycles. The van der Waals surface area contributed by atoms with Crippen LogP contribution in [0.5, 0.6) is 0 Å².